The Bertz CT molecular complexity index is 4660. The zero-order valence-corrected chi connectivity index (χ0v) is 57.5. The average molecular weight is 1320 g/mol. The zero-order chi connectivity index (χ0) is 68.3. The van der Waals surface area contributed by atoms with Gasteiger partial charge < -0.3 is 40.5 Å². The molecule has 6 aliphatic rings. The molecule has 4 aromatic heterocycles. The molecule has 4 saturated carbocycles. The van der Waals surface area contributed by atoms with E-state index in [0.29, 0.717) is 113 Å². The van der Waals surface area contributed by atoms with Crippen molar-refractivity contribution in [2.24, 2.45) is 21.7 Å². The normalized spacial score (nSPS) is 17.6. The Morgan fingerprint density at radius 2 is 0.778 bits per heavy atom. The standard InChI is InChI=1S/C83H90N10O6/c1-80(40-17-5-18-41-80)76(95)89-59-29-13-9-25-55(59)71-63-33-34-64(85-63)72(56-26-10-14-30-60(56)90-77(96)81(2)42-19-6-20-43-81)66-37-38-68(87-66)74(58-28-12-16-32-62(58)92-79(98)83(4)46-23-8-24-47-83)75-54(52-99-70(94)39-49-93-50-48-84-53-93)51-69(88-75)73(67-36-35-65(71)86-67)57-27-11-15-31-61(57)91-78(97)82(3)44-21-7-22-45-82/h9-16,25-38,48,50-51,53,86-87H,5-8,17-24,39-47,49,52H2,1-4H3,(H,89,95)(H,90,96)(H,91,97)(H,92,98). The van der Waals surface area contributed by atoms with Crippen molar-refractivity contribution >= 4 is 98.2 Å². The van der Waals surface area contributed by atoms with E-state index in [4.69, 9.17) is 14.7 Å². The number of carbonyl (C=O) groups is 5. The Morgan fingerprint density at radius 1 is 0.434 bits per heavy atom. The number of ether oxygens (including phenoxy) is 1. The predicted octanol–water partition coefficient (Wildman–Crippen LogP) is 19.2. The average Bonchev–Trinajstić information content (AvgIpc) is 1.59. The largest absolute Gasteiger partial charge is 0.461 e. The molecule has 99 heavy (non-hydrogen) atoms. The molecule has 2 aliphatic heterocycles. The maximum atomic E-state index is 14.9. The molecule has 508 valence electrons. The first-order valence-corrected chi connectivity index (χ1v) is 36.0. The first kappa shape index (κ1) is 66.3. The Balaban J connectivity index is 1.08. The summed E-state index contributed by atoms with van der Waals surface area (Å²) in [5.41, 5.74) is 11.1. The van der Waals surface area contributed by atoms with Crippen LogP contribution >= 0.6 is 0 Å². The SMILES string of the molecule is CC1(C(=O)Nc2ccccc2-c2c3nc(c(-c4ccccc4NC(=O)C4(C)CCCCC4)c4ccc([nH]4)c(-c4ccccc4NC(=O)C4(C)CCCCC4)c4nc(c(-c5ccccc5NC(=O)C5(C)CCCCC5)c5ccc2[nH]5)C=C4COC(=O)CCn2ccnc2)C=C3)CCCCC1. The fourth-order valence-corrected chi connectivity index (χ4v) is 16.0. The minimum Gasteiger partial charge on any atom is -0.461 e. The van der Waals surface area contributed by atoms with E-state index in [2.05, 4.69) is 63.9 Å². The fraction of sp³-hybridized carbons (Fsp3) is 0.373. The molecule has 0 atom stereocenters. The molecule has 6 heterocycles. The third kappa shape index (κ3) is 13.7. The van der Waals surface area contributed by atoms with E-state index in [1.807, 2.05) is 150 Å². The molecule has 14 rings (SSSR count). The molecule has 8 aromatic rings. The number of para-hydroxylation sites is 4. The number of fused-ring (bicyclic) bond motifs is 8. The predicted molar refractivity (Wildman–Crippen MR) is 397 cm³/mol. The van der Waals surface area contributed by atoms with Gasteiger partial charge in [0.15, 0.2) is 0 Å². The van der Waals surface area contributed by atoms with E-state index >= 15 is 0 Å². The number of nitrogens with zero attached hydrogens (tertiary/aromatic N) is 4. The third-order valence-corrected chi connectivity index (χ3v) is 22.3. The van der Waals surface area contributed by atoms with Crippen LogP contribution < -0.4 is 21.3 Å². The van der Waals surface area contributed by atoms with Crippen LogP contribution in [0.2, 0.25) is 0 Å². The lowest BCUT2D eigenvalue weighted by Crippen LogP contribution is -2.35. The van der Waals surface area contributed by atoms with Crippen LogP contribution in [-0.4, -0.2) is 65.7 Å². The maximum absolute atomic E-state index is 14.9. The molecule has 4 aromatic carbocycles. The van der Waals surface area contributed by atoms with E-state index < -0.39 is 27.6 Å². The molecular formula is C83H90N10O6. The highest BCUT2D eigenvalue weighted by Crippen LogP contribution is 2.48. The van der Waals surface area contributed by atoms with Gasteiger partial charge in [-0.05, 0) is 118 Å². The number of esters is 1. The van der Waals surface area contributed by atoms with Crippen LogP contribution in [0.3, 0.4) is 0 Å². The second-order valence-corrected chi connectivity index (χ2v) is 29.5. The Kier molecular flexibility index (Phi) is 18.8. The summed E-state index contributed by atoms with van der Waals surface area (Å²) in [6.07, 6.45) is 29.6. The Labute approximate surface area is 579 Å². The summed E-state index contributed by atoms with van der Waals surface area (Å²) in [5.74, 6) is -0.601. The van der Waals surface area contributed by atoms with Crippen molar-refractivity contribution in [2.75, 3.05) is 27.9 Å². The summed E-state index contributed by atoms with van der Waals surface area (Å²) in [7, 11) is 0. The van der Waals surface area contributed by atoms with Gasteiger partial charge in [-0.3, -0.25) is 24.0 Å². The van der Waals surface area contributed by atoms with Crippen LogP contribution in [0.25, 0.3) is 90.4 Å². The lowest BCUT2D eigenvalue weighted by Gasteiger charge is -2.32. The summed E-state index contributed by atoms with van der Waals surface area (Å²) < 4.78 is 8.22. The summed E-state index contributed by atoms with van der Waals surface area (Å²) in [5, 5.41) is 13.8. The van der Waals surface area contributed by atoms with Gasteiger partial charge in [-0.2, -0.15) is 0 Å². The molecule has 4 aliphatic carbocycles. The molecule has 16 heteroatoms. The molecule has 0 saturated heterocycles. The number of imidazole rings is 1. The minimum absolute atomic E-state index is 0.0282. The highest BCUT2D eigenvalue weighted by molar-refractivity contribution is 6.10. The van der Waals surface area contributed by atoms with Gasteiger partial charge in [-0.25, -0.2) is 15.0 Å². The third-order valence-electron chi connectivity index (χ3n) is 22.3. The van der Waals surface area contributed by atoms with Crippen molar-refractivity contribution in [3.05, 3.63) is 163 Å². The van der Waals surface area contributed by atoms with Gasteiger partial charge >= 0.3 is 5.97 Å². The molecule has 4 amide bonds. The molecule has 8 bridgehead atoms. The second-order valence-electron chi connectivity index (χ2n) is 29.5. The lowest BCUT2D eigenvalue weighted by atomic mass is 9.75. The Morgan fingerprint density at radius 3 is 1.14 bits per heavy atom. The van der Waals surface area contributed by atoms with Crippen LogP contribution in [-0.2, 0) is 35.3 Å². The van der Waals surface area contributed by atoms with Gasteiger partial charge in [0.2, 0.25) is 23.6 Å². The number of rotatable bonds is 17. The van der Waals surface area contributed by atoms with Crippen molar-refractivity contribution < 1.29 is 28.7 Å². The second kappa shape index (κ2) is 28.1. The summed E-state index contributed by atoms with van der Waals surface area (Å²) in [4.78, 5) is 97.2. The highest BCUT2D eigenvalue weighted by atomic mass is 16.5. The van der Waals surface area contributed by atoms with Crippen LogP contribution in [0.1, 0.15) is 185 Å². The van der Waals surface area contributed by atoms with E-state index in [9.17, 15) is 24.0 Å². The quantitative estimate of drug-likeness (QED) is 0.0477. The van der Waals surface area contributed by atoms with Gasteiger partial charge in [-0.15, -0.1) is 0 Å². The number of aromatic amines is 2. The number of anilines is 4. The van der Waals surface area contributed by atoms with Crippen LogP contribution in [0.15, 0.2) is 140 Å². The van der Waals surface area contributed by atoms with Gasteiger partial charge in [0, 0.05) is 135 Å². The number of hydrogen-bond donors (Lipinski definition) is 6. The molecule has 6 N–H and O–H groups in total. The van der Waals surface area contributed by atoms with Crippen molar-refractivity contribution in [3.63, 3.8) is 0 Å². The van der Waals surface area contributed by atoms with Crippen molar-refractivity contribution in [2.45, 2.75) is 169 Å². The van der Waals surface area contributed by atoms with E-state index in [1.165, 1.54) is 0 Å². The number of aromatic nitrogens is 6. The Hall–Kier alpha value is -9.96. The number of benzene rings is 4. The van der Waals surface area contributed by atoms with Gasteiger partial charge in [0.1, 0.15) is 6.61 Å². The molecule has 16 nitrogen and oxygen atoms in total. The van der Waals surface area contributed by atoms with Crippen molar-refractivity contribution in [1.82, 2.24) is 29.5 Å². The van der Waals surface area contributed by atoms with Crippen molar-refractivity contribution in [1.29, 1.82) is 0 Å². The summed E-state index contributed by atoms with van der Waals surface area (Å²) >= 11 is 0. The first-order chi connectivity index (χ1) is 48.0. The van der Waals surface area contributed by atoms with Gasteiger partial charge in [0.05, 0.1) is 35.5 Å². The monoisotopic (exact) mass is 1320 g/mol. The fourth-order valence-electron chi connectivity index (χ4n) is 16.0. The molecule has 0 radical (unpaired) electrons. The van der Waals surface area contributed by atoms with E-state index in [0.717, 1.165) is 140 Å². The molecule has 0 spiro atoms. The molecule has 0 unspecified atom stereocenters. The number of amides is 4. The number of H-pyrrole nitrogens is 2. The van der Waals surface area contributed by atoms with Gasteiger partial charge in [0.25, 0.3) is 0 Å². The zero-order valence-electron chi connectivity index (χ0n) is 57.5. The van der Waals surface area contributed by atoms with E-state index in [-0.39, 0.29) is 36.7 Å². The summed E-state index contributed by atoms with van der Waals surface area (Å²) in [6, 6.07) is 39.6. The summed E-state index contributed by atoms with van der Waals surface area (Å²) in [6.45, 7) is 8.47. The van der Waals surface area contributed by atoms with Crippen LogP contribution in [0, 0.1) is 21.7 Å². The van der Waals surface area contributed by atoms with E-state index in [1.54, 1.807) is 12.5 Å². The topological polar surface area (TPSA) is 218 Å². The molecule has 4 fully saturated rings. The number of aryl methyl sites for hydroxylation is 1. The number of hydrogen-bond acceptors (Lipinski definition) is 9. The smallest absolute Gasteiger partial charge is 0.307 e. The van der Waals surface area contributed by atoms with Crippen LogP contribution in [0.4, 0.5) is 22.7 Å². The van der Waals surface area contributed by atoms with Gasteiger partial charge in [-0.1, -0.05) is 178 Å². The maximum Gasteiger partial charge on any atom is 0.307 e. The highest BCUT2D eigenvalue weighted by Gasteiger charge is 2.39. The lowest BCUT2D eigenvalue weighted by molar-refractivity contribution is -0.142. The number of carbonyl (C=O) groups excluding carboxylic acids is 5. The number of nitrogens with one attached hydrogen (secondary N) is 6. The minimum atomic E-state index is -0.596. The molecular weight excluding hydrogens is 1230 g/mol. The van der Waals surface area contributed by atoms with Crippen LogP contribution in [0.5, 0.6) is 0 Å². The van der Waals surface area contributed by atoms with Crippen molar-refractivity contribution in [3.8, 4) is 44.5 Å². The first-order valence-electron chi connectivity index (χ1n) is 36.0.